The Morgan fingerprint density at radius 2 is 1.95 bits per heavy atom. The van der Waals surface area contributed by atoms with Gasteiger partial charge in [0, 0.05) is 32.5 Å². The lowest BCUT2D eigenvalue weighted by atomic mass is 10.2. The van der Waals surface area contributed by atoms with Crippen LogP contribution in [0, 0.1) is 0 Å². The van der Waals surface area contributed by atoms with Crippen molar-refractivity contribution in [3.8, 4) is 0 Å². The van der Waals surface area contributed by atoms with Gasteiger partial charge in [0.25, 0.3) is 0 Å². The van der Waals surface area contributed by atoms with E-state index in [1.165, 1.54) is 5.69 Å². The van der Waals surface area contributed by atoms with Crippen molar-refractivity contribution in [1.82, 2.24) is 14.4 Å². The average Bonchev–Trinajstić information content (AvgIpc) is 2.95. The highest BCUT2D eigenvalue weighted by Gasteiger charge is 2.24. The second-order valence-electron chi connectivity index (χ2n) is 5.21. The molecule has 1 aliphatic heterocycles. The number of anilines is 4. The molecule has 6 heteroatoms. The predicted molar refractivity (Wildman–Crippen MR) is 84.1 cm³/mol. The Morgan fingerprint density at radius 1 is 1.14 bits per heavy atom. The Balaban J connectivity index is 1.94. The predicted octanol–water partition coefficient (Wildman–Crippen LogP) is 1.90. The van der Waals surface area contributed by atoms with Crippen molar-refractivity contribution in [1.29, 1.82) is 0 Å². The second-order valence-corrected chi connectivity index (χ2v) is 5.21. The zero-order chi connectivity index (χ0) is 14.4. The Labute approximate surface area is 122 Å². The maximum Gasteiger partial charge on any atom is 0.180 e. The number of hydrogen-bond acceptors (Lipinski definition) is 5. The first-order chi connectivity index (χ1) is 10.2. The molecular formula is C15H16N6. The number of likely N-dealkylation sites (N-methyl/N-ethyl adjacent to an activating group) is 1. The lowest BCUT2D eigenvalue weighted by Gasteiger charge is -2.36. The standard InChI is InChI=1S/C15H16N6/c1-19-8-9-21(12-5-3-2-4-11(12)19)15-14-17-6-7-20(14)10-13(16)18-15/h2-7,10H,8-9,16H2,1H3. The molecule has 0 atom stereocenters. The largest absolute Gasteiger partial charge is 0.382 e. The number of imidazole rings is 1. The minimum atomic E-state index is 0.493. The van der Waals surface area contributed by atoms with Crippen molar-refractivity contribution < 1.29 is 0 Å². The van der Waals surface area contributed by atoms with Crippen molar-refractivity contribution in [2.45, 2.75) is 0 Å². The molecule has 0 unspecified atom stereocenters. The first-order valence-electron chi connectivity index (χ1n) is 6.91. The van der Waals surface area contributed by atoms with Crippen LogP contribution in [0.25, 0.3) is 5.65 Å². The van der Waals surface area contributed by atoms with Gasteiger partial charge in [0.15, 0.2) is 11.5 Å². The van der Waals surface area contributed by atoms with E-state index in [-0.39, 0.29) is 0 Å². The summed E-state index contributed by atoms with van der Waals surface area (Å²) in [6.07, 6.45) is 5.44. The van der Waals surface area contributed by atoms with Crippen molar-refractivity contribution in [3.05, 3.63) is 42.9 Å². The average molecular weight is 280 g/mol. The Bertz CT molecular complexity index is 809. The van der Waals surface area contributed by atoms with Crippen LogP contribution in [0.3, 0.4) is 0 Å². The monoisotopic (exact) mass is 280 g/mol. The zero-order valence-corrected chi connectivity index (χ0v) is 11.8. The van der Waals surface area contributed by atoms with Gasteiger partial charge < -0.3 is 19.9 Å². The molecule has 0 fully saturated rings. The van der Waals surface area contributed by atoms with Crippen LogP contribution in [0.2, 0.25) is 0 Å². The number of nitrogen functional groups attached to an aromatic ring is 1. The highest BCUT2D eigenvalue weighted by molar-refractivity contribution is 5.82. The molecule has 0 saturated carbocycles. The molecule has 0 saturated heterocycles. The molecule has 6 nitrogen and oxygen atoms in total. The number of nitrogens with two attached hydrogens (primary N) is 1. The summed E-state index contributed by atoms with van der Waals surface area (Å²) in [5.41, 5.74) is 9.09. The first kappa shape index (κ1) is 12.0. The van der Waals surface area contributed by atoms with Crippen LogP contribution in [0.1, 0.15) is 0 Å². The van der Waals surface area contributed by atoms with Gasteiger partial charge in [0.05, 0.1) is 17.6 Å². The summed E-state index contributed by atoms with van der Waals surface area (Å²) in [6, 6.07) is 8.32. The van der Waals surface area contributed by atoms with Gasteiger partial charge in [-0.3, -0.25) is 0 Å². The van der Waals surface area contributed by atoms with Crippen LogP contribution < -0.4 is 15.5 Å². The summed E-state index contributed by atoms with van der Waals surface area (Å²) in [7, 11) is 2.11. The number of fused-ring (bicyclic) bond motifs is 2. The van der Waals surface area contributed by atoms with Crippen LogP contribution >= 0.6 is 0 Å². The molecule has 1 aromatic carbocycles. The fourth-order valence-electron chi connectivity index (χ4n) is 2.84. The molecule has 0 amide bonds. The van der Waals surface area contributed by atoms with Crippen LogP contribution in [0.15, 0.2) is 42.9 Å². The fraction of sp³-hybridized carbons (Fsp3) is 0.200. The molecule has 106 valence electrons. The van der Waals surface area contributed by atoms with Crippen LogP contribution in [0.4, 0.5) is 23.0 Å². The number of benzene rings is 1. The molecule has 0 radical (unpaired) electrons. The van der Waals surface area contributed by atoms with E-state index in [1.54, 1.807) is 12.4 Å². The number of aromatic nitrogens is 3. The minimum Gasteiger partial charge on any atom is -0.382 e. The molecule has 3 aromatic rings. The fourth-order valence-corrected chi connectivity index (χ4v) is 2.84. The maximum absolute atomic E-state index is 5.94. The molecule has 0 spiro atoms. The summed E-state index contributed by atoms with van der Waals surface area (Å²) < 4.78 is 1.92. The molecule has 2 aromatic heterocycles. The van der Waals surface area contributed by atoms with Crippen molar-refractivity contribution >= 4 is 28.7 Å². The van der Waals surface area contributed by atoms with Gasteiger partial charge in [-0.2, -0.15) is 0 Å². The van der Waals surface area contributed by atoms with Gasteiger partial charge in [-0.15, -0.1) is 0 Å². The SMILES string of the molecule is CN1CCN(c2nc(N)cn3ccnc23)c2ccccc21. The first-order valence-corrected chi connectivity index (χ1v) is 6.91. The van der Waals surface area contributed by atoms with Crippen LogP contribution in [-0.2, 0) is 0 Å². The normalized spacial score (nSPS) is 14.5. The third-order valence-electron chi connectivity index (χ3n) is 3.87. The van der Waals surface area contributed by atoms with Gasteiger partial charge in [0.1, 0.15) is 5.82 Å². The minimum absolute atomic E-state index is 0.493. The van der Waals surface area contributed by atoms with E-state index in [0.717, 1.165) is 30.2 Å². The summed E-state index contributed by atoms with van der Waals surface area (Å²) in [6.45, 7) is 1.78. The van der Waals surface area contributed by atoms with E-state index in [0.29, 0.717) is 5.82 Å². The number of rotatable bonds is 1. The Morgan fingerprint density at radius 3 is 2.81 bits per heavy atom. The van der Waals surface area contributed by atoms with E-state index >= 15 is 0 Å². The third kappa shape index (κ3) is 1.79. The number of hydrogen-bond donors (Lipinski definition) is 1. The number of para-hydroxylation sites is 2. The van der Waals surface area contributed by atoms with E-state index in [2.05, 4.69) is 45.0 Å². The summed E-state index contributed by atoms with van der Waals surface area (Å²) >= 11 is 0. The van der Waals surface area contributed by atoms with Gasteiger partial charge >= 0.3 is 0 Å². The van der Waals surface area contributed by atoms with Crippen molar-refractivity contribution in [2.75, 3.05) is 35.7 Å². The van der Waals surface area contributed by atoms with Gasteiger partial charge in [-0.05, 0) is 12.1 Å². The quantitative estimate of drug-likeness (QED) is 0.737. The Kier molecular flexibility index (Phi) is 2.50. The Hall–Kier alpha value is -2.76. The molecule has 2 N–H and O–H groups in total. The van der Waals surface area contributed by atoms with Gasteiger partial charge in [-0.25, -0.2) is 9.97 Å². The molecule has 4 rings (SSSR count). The van der Waals surface area contributed by atoms with E-state index in [1.807, 2.05) is 16.7 Å². The molecule has 3 heterocycles. The van der Waals surface area contributed by atoms with Crippen molar-refractivity contribution in [2.24, 2.45) is 0 Å². The maximum atomic E-state index is 5.94. The molecule has 0 bridgehead atoms. The van der Waals surface area contributed by atoms with E-state index in [4.69, 9.17) is 5.73 Å². The van der Waals surface area contributed by atoms with Gasteiger partial charge in [0.2, 0.25) is 0 Å². The van der Waals surface area contributed by atoms with Gasteiger partial charge in [-0.1, -0.05) is 12.1 Å². The lowest BCUT2D eigenvalue weighted by molar-refractivity contribution is 0.813. The molecular weight excluding hydrogens is 264 g/mol. The molecule has 0 aliphatic carbocycles. The summed E-state index contributed by atoms with van der Waals surface area (Å²) in [5.74, 6) is 1.30. The highest BCUT2D eigenvalue weighted by Crippen LogP contribution is 2.37. The van der Waals surface area contributed by atoms with Crippen LogP contribution in [0.5, 0.6) is 0 Å². The topological polar surface area (TPSA) is 62.7 Å². The van der Waals surface area contributed by atoms with Crippen LogP contribution in [-0.4, -0.2) is 34.5 Å². The van der Waals surface area contributed by atoms with E-state index < -0.39 is 0 Å². The smallest absolute Gasteiger partial charge is 0.180 e. The highest BCUT2D eigenvalue weighted by atomic mass is 15.3. The summed E-state index contributed by atoms with van der Waals surface area (Å²) in [4.78, 5) is 13.4. The third-order valence-corrected chi connectivity index (χ3v) is 3.87. The molecule has 21 heavy (non-hydrogen) atoms. The summed E-state index contributed by atoms with van der Waals surface area (Å²) in [5, 5.41) is 0. The van der Waals surface area contributed by atoms with E-state index in [9.17, 15) is 0 Å². The van der Waals surface area contributed by atoms with Crippen molar-refractivity contribution in [3.63, 3.8) is 0 Å². The lowest BCUT2D eigenvalue weighted by Crippen LogP contribution is -2.37. The number of nitrogens with zero attached hydrogens (tertiary/aromatic N) is 5. The second kappa shape index (κ2) is 4.37. The zero-order valence-electron chi connectivity index (χ0n) is 11.8. The molecule has 1 aliphatic rings.